The summed E-state index contributed by atoms with van der Waals surface area (Å²) in [5.74, 6) is -0.927. The molecule has 0 heterocycles. The number of methoxy groups -OCH3 is 1. The van der Waals surface area contributed by atoms with Crippen molar-refractivity contribution in [1.82, 2.24) is 16.0 Å². The zero-order valence-electron chi connectivity index (χ0n) is 18.7. The SMILES string of the molecule is C=CC(=O)NCCOCC(COC)(COCCNC(=O)C=C)COCOCNC(=O)C=C. The van der Waals surface area contributed by atoms with E-state index in [9.17, 15) is 14.4 Å². The molecule has 0 unspecified atom stereocenters. The van der Waals surface area contributed by atoms with Gasteiger partial charge in [-0.3, -0.25) is 14.4 Å². The molecule has 0 aromatic rings. The van der Waals surface area contributed by atoms with Crippen molar-refractivity contribution in [2.45, 2.75) is 0 Å². The van der Waals surface area contributed by atoms with Gasteiger partial charge in [0, 0.05) is 20.2 Å². The van der Waals surface area contributed by atoms with Crippen LogP contribution in [0.4, 0.5) is 0 Å². The van der Waals surface area contributed by atoms with Crippen LogP contribution in [0.5, 0.6) is 0 Å². The largest absolute Gasteiger partial charge is 0.384 e. The molecule has 11 nitrogen and oxygen atoms in total. The van der Waals surface area contributed by atoms with Crippen molar-refractivity contribution in [3.63, 3.8) is 0 Å². The summed E-state index contributed by atoms with van der Waals surface area (Å²) in [6.45, 7) is 12.1. The van der Waals surface area contributed by atoms with Gasteiger partial charge in [-0.1, -0.05) is 19.7 Å². The minimum absolute atomic E-state index is 0.0267. The lowest BCUT2D eigenvalue weighted by Crippen LogP contribution is -2.43. The molecule has 0 aromatic carbocycles. The Morgan fingerprint density at radius 1 is 0.719 bits per heavy atom. The Morgan fingerprint density at radius 3 is 1.66 bits per heavy atom. The van der Waals surface area contributed by atoms with Crippen LogP contribution in [0.25, 0.3) is 0 Å². The second-order valence-corrected chi connectivity index (χ2v) is 6.59. The third-order valence-corrected chi connectivity index (χ3v) is 3.84. The molecule has 0 fully saturated rings. The van der Waals surface area contributed by atoms with Gasteiger partial charge in [-0.25, -0.2) is 0 Å². The Kier molecular flexibility index (Phi) is 17.6. The third kappa shape index (κ3) is 15.3. The van der Waals surface area contributed by atoms with E-state index in [1.54, 1.807) is 7.11 Å². The van der Waals surface area contributed by atoms with Gasteiger partial charge >= 0.3 is 0 Å². The van der Waals surface area contributed by atoms with Crippen molar-refractivity contribution in [1.29, 1.82) is 0 Å². The quantitative estimate of drug-likeness (QED) is 0.119. The average Bonchev–Trinajstić information content (AvgIpc) is 2.80. The van der Waals surface area contributed by atoms with Gasteiger partial charge in [0.15, 0.2) is 0 Å². The Bertz CT molecular complexity index is 568. The Labute approximate surface area is 189 Å². The molecule has 0 spiro atoms. The zero-order valence-corrected chi connectivity index (χ0v) is 18.7. The first-order valence-corrected chi connectivity index (χ1v) is 9.93. The van der Waals surface area contributed by atoms with Crippen LogP contribution in [0.1, 0.15) is 0 Å². The van der Waals surface area contributed by atoms with Crippen molar-refractivity contribution >= 4 is 17.7 Å². The molecule has 32 heavy (non-hydrogen) atoms. The topological polar surface area (TPSA) is 133 Å². The number of carbonyl (C=O) groups excluding carboxylic acids is 3. The summed E-state index contributed by atoms with van der Waals surface area (Å²) in [6, 6.07) is 0. The van der Waals surface area contributed by atoms with Crippen LogP contribution in [-0.4, -0.2) is 91.1 Å². The van der Waals surface area contributed by atoms with E-state index in [1.807, 2.05) is 0 Å². The number of hydrogen-bond donors (Lipinski definition) is 3. The van der Waals surface area contributed by atoms with Crippen molar-refractivity contribution in [2.75, 3.05) is 73.4 Å². The first kappa shape index (κ1) is 29.4. The standard InChI is InChI=1S/C21H35N3O8/c1-5-18(25)22-8-10-29-13-21(12-28-4,14-30-11-9-23-19(26)6-2)15-31-17-32-16-24-20(27)7-3/h5-7H,1-3,8-17H2,4H3,(H,22,25)(H,23,26)(H,24,27). The van der Waals surface area contributed by atoms with Crippen LogP contribution in [-0.2, 0) is 38.1 Å². The summed E-state index contributed by atoms with van der Waals surface area (Å²) in [7, 11) is 1.55. The molecule has 0 aliphatic heterocycles. The highest BCUT2D eigenvalue weighted by Gasteiger charge is 2.32. The molecule has 0 bridgehead atoms. The Morgan fingerprint density at radius 2 is 1.19 bits per heavy atom. The number of nitrogens with one attached hydrogen (secondary N) is 3. The van der Waals surface area contributed by atoms with E-state index in [-0.39, 0.29) is 70.9 Å². The molecule has 0 aliphatic carbocycles. The van der Waals surface area contributed by atoms with Gasteiger partial charge in [0.2, 0.25) is 17.7 Å². The van der Waals surface area contributed by atoms with Crippen LogP contribution in [0.2, 0.25) is 0 Å². The first-order valence-electron chi connectivity index (χ1n) is 9.93. The van der Waals surface area contributed by atoms with E-state index in [2.05, 4.69) is 35.7 Å². The highest BCUT2D eigenvalue weighted by Crippen LogP contribution is 2.20. The molecule has 11 heteroatoms. The number of amides is 3. The molecule has 0 radical (unpaired) electrons. The molecule has 0 aromatic heterocycles. The van der Waals surface area contributed by atoms with Crippen molar-refractivity contribution in [3.05, 3.63) is 38.0 Å². The van der Waals surface area contributed by atoms with E-state index in [0.717, 1.165) is 6.08 Å². The maximum Gasteiger partial charge on any atom is 0.245 e. The maximum absolute atomic E-state index is 11.2. The van der Waals surface area contributed by atoms with Crippen LogP contribution in [0.3, 0.4) is 0 Å². The molecule has 0 saturated carbocycles. The second-order valence-electron chi connectivity index (χ2n) is 6.59. The van der Waals surface area contributed by atoms with E-state index in [1.165, 1.54) is 12.2 Å². The molecule has 0 rings (SSSR count). The number of carbonyl (C=O) groups is 3. The fourth-order valence-corrected chi connectivity index (χ4v) is 2.32. The van der Waals surface area contributed by atoms with E-state index >= 15 is 0 Å². The fraction of sp³-hybridized carbons (Fsp3) is 0.571. The highest BCUT2D eigenvalue weighted by atomic mass is 16.7. The molecular formula is C21H35N3O8. The molecule has 3 N–H and O–H groups in total. The molecule has 182 valence electrons. The zero-order chi connectivity index (χ0) is 24.1. The highest BCUT2D eigenvalue weighted by molar-refractivity contribution is 5.87. The monoisotopic (exact) mass is 457 g/mol. The lowest BCUT2D eigenvalue weighted by molar-refractivity contribution is -0.139. The maximum atomic E-state index is 11.2. The predicted molar refractivity (Wildman–Crippen MR) is 117 cm³/mol. The van der Waals surface area contributed by atoms with Crippen molar-refractivity contribution in [2.24, 2.45) is 5.41 Å². The summed E-state index contributed by atoms with van der Waals surface area (Å²) in [5.41, 5.74) is -0.673. The van der Waals surface area contributed by atoms with Crippen molar-refractivity contribution < 1.29 is 38.1 Å². The van der Waals surface area contributed by atoms with Gasteiger partial charge in [-0.15, -0.1) is 0 Å². The molecular weight excluding hydrogens is 422 g/mol. The minimum Gasteiger partial charge on any atom is -0.384 e. The van der Waals surface area contributed by atoms with Crippen LogP contribution in [0, 0.1) is 5.41 Å². The molecule has 3 amide bonds. The van der Waals surface area contributed by atoms with E-state index < -0.39 is 5.41 Å². The third-order valence-electron chi connectivity index (χ3n) is 3.84. The van der Waals surface area contributed by atoms with Crippen LogP contribution >= 0.6 is 0 Å². The van der Waals surface area contributed by atoms with Gasteiger partial charge in [0.1, 0.15) is 13.5 Å². The molecule has 0 atom stereocenters. The summed E-state index contributed by atoms with van der Waals surface area (Å²) >= 11 is 0. The second kappa shape index (κ2) is 19.1. The van der Waals surface area contributed by atoms with Crippen LogP contribution in [0.15, 0.2) is 38.0 Å². The lowest BCUT2D eigenvalue weighted by Gasteiger charge is -2.32. The Hall–Kier alpha value is -2.57. The summed E-state index contributed by atoms with van der Waals surface area (Å²) in [5, 5.41) is 7.71. The summed E-state index contributed by atoms with van der Waals surface area (Å²) < 4.78 is 27.5. The smallest absolute Gasteiger partial charge is 0.245 e. The predicted octanol–water partition coefficient (Wildman–Crippen LogP) is -0.493. The minimum atomic E-state index is -0.673. The number of hydrogen-bond acceptors (Lipinski definition) is 8. The van der Waals surface area contributed by atoms with E-state index in [4.69, 9.17) is 23.7 Å². The van der Waals surface area contributed by atoms with Crippen molar-refractivity contribution in [3.8, 4) is 0 Å². The van der Waals surface area contributed by atoms with Crippen LogP contribution < -0.4 is 16.0 Å². The Balaban J connectivity index is 4.65. The van der Waals surface area contributed by atoms with Gasteiger partial charge in [0.25, 0.3) is 0 Å². The number of rotatable bonds is 21. The van der Waals surface area contributed by atoms with Gasteiger partial charge in [-0.2, -0.15) is 0 Å². The molecule has 0 aliphatic rings. The fourth-order valence-electron chi connectivity index (χ4n) is 2.32. The van der Waals surface area contributed by atoms with E-state index in [0.29, 0.717) is 13.1 Å². The van der Waals surface area contributed by atoms with Gasteiger partial charge in [-0.05, 0) is 18.2 Å². The lowest BCUT2D eigenvalue weighted by atomic mass is 9.92. The molecule has 0 saturated heterocycles. The average molecular weight is 458 g/mol. The van der Waals surface area contributed by atoms with Gasteiger partial charge in [0.05, 0.1) is 45.1 Å². The summed E-state index contributed by atoms with van der Waals surface area (Å²) in [4.78, 5) is 33.5. The van der Waals surface area contributed by atoms with Gasteiger partial charge < -0.3 is 39.6 Å². The normalized spacial score (nSPS) is 10.8. The first-order chi connectivity index (χ1) is 15.4. The number of ether oxygens (including phenoxy) is 5. The summed E-state index contributed by atoms with van der Waals surface area (Å²) in [6.07, 6.45) is 3.50.